The predicted octanol–water partition coefficient (Wildman–Crippen LogP) is 2.13. The van der Waals surface area contributed by atoms with Gasteiger partial charge in [-0.25, -0.2) is 0 Å². The maximum absolute atomic E-state index is 11.7. The number of hydrogen-bond acceptors (Lipinski definition) is 4. The number of carbonyl (C=O) groups is 1. The second-order valence-electron chi connectivity index (χ2n) is 5.02. The van der Waals surface area contributed by atoms with Gasteiger partial charge in [0.2, 0.25) is 11.7 Å². The van der Waals surface area contributed by atoms with Crippen molar-refractivity contribution < 1.29 is 14.3 Å². The largest absolute Gasteiger partial charge is 0.449 e. The molecule has 1 aromatic carbocycles. The van der Waals surface area contributed by atoms with E-state index in [0.29, 0.717) is 17.9 Å². The first-order chi connectivity index (χ1) is 9.00. The smallest absolute Gasteiger partial charge is 0.246 e. The number of hydrogen-bond donors (Lipinski definition) is 2. The first-order valence-corrected chi connectivity index (χ1v) is 6.47. The molecule has 19 heavy (non-hydrogen) atoms. The highest BCUT2D eigenvalue weighted by Crippen LogP contribution is 2.40. The van der Waals surface area contributed by atoms with E-state index in [9.17, 15) is 4.79 Å². The maximum Gasteiger partial charge on any atom is 0.246 e. The second-order valence-corrected chi connectivity index (χ2v) is 5.02. The molecule has 104 valence electrons. The van der Waals surface area contributed by atoms with Gasteiger partial charge in [0.1, 0.15) is 0 Å². The summed E-state index contributed by atoms with van der Waals surface area (Å²) in [5.74, 6) is 0.738. The molecule has 0 atom stereocenters. The third-order valence-electron chi connectivity index (χ3n) is 2.77. The summed E-state index contributed by atoms with van der Waals surface area (Å²) in [5, 5.41) is 5.87. The Morgan fingerprint density at radius 1 is 1.26 bits per heavy atom. The Labute approximate surface area is 113 Å². The Balaban J connectivity index is 1.95. The fraction of sp³-hybridized carbons (Fsp3) is 0.500. The summed E-state index contributed by atoms with van der Waals surface area (Å²) in [6.45, 7) is 4.54. The second kappa shape index (κ2) is 5.48. The lowest BCUT2D eigenvalue weighted by atomic mass is 10.2. The molecular weight excluding hydrogens is 244 g/mol. The van der Waals surface area contributed by atoms with Crippen LogP contribution in [0.1, 0.15) is 26.7 Å². The lowest BCUT2D eigenvalue weighted by Crippen LogP contribution is -2.29. The predicted molar refractivity (Wildman–Crippen MR) is 73.6 cm³/mol. The first kappa shape index (κ1) is 13.7. The number of nitrogens with one attached hydrogen (secondary N) is 2. The molecule has 0 spiro atoms. The molecule has 1 aliphatic rings. The molecule has 1 heterocycles. The summed E-state index contributed by atoms with van der Waals surface area (Å²) in [6, 6.07) is 5.42. The van der Waals surface area contributed by atoms with Gasteiger partial charge >= 0.3 is 0 Å². The molecule has 0 aliphatic carbocycles. The van der Waals surface area contributed by atoms with Crippen molar-refractivity contribution in [2.75, 3.05) is 18.9 Å². The summed E-state index contributed by atoms with van der Waals surface area (Å²) in [4.78, 5) is 11.7. The van der Waals surface area contributed by atoms with Crippen molar-refractivity contribution >= 4 is 11.6 Å². The van der Waals surface area contributed by atoms with Crippen LogP contribution in [0, 0.1) is 0 Å². The monoisotopic (exact) mass is 264 g/mol. The number of ether oxygens (including phenoxy) is 2. The topological polar surface area (TPSA) is 59.6 Å². The highest BCUT2D eigenvalue weighted by Gasteiger charge is 2.31. The van der Waals surface area contributed by atoms with E-state index >= 15 is 0 Å². The molecule has 5 nitrogen and oxygen atoms in total. The van der Waals surface area contributed by atoms with Gasteiger partial charge in [0.15, 0.2) is 11.5 Å². The number of benzene rings is 1. The summed E-state index contributed by atoms with van der Waals surface area (Å²) in [5.41, 5.74) is 0.731. The van der Waals surface area contributed by atoms with Crippen LogP contribution in [-0.4, -0.2) is 25.3 Å². The minimum absolute atomic E-state index is 0.00776. The Kier molecular flexibility index (Phi) is 3.95. The number of amides is 1. The van der Waals surface area contributed by atoms with Crippen molar-refractivity contribution in [2.24, 2.45) is 0 Å². The van der Waals surface area contributed by atoms with E-state index in [1.54, 1.807) is 6.07 Å². The van der Waals surface area contributed by atoms with Crippen molar-refractivity contribution in [1.82, 2.24) is 5.32 Å². The van der Waals surface area contributed by atoms with Crippen molar-refractivity contribution in [3.8, 4) is 11.5 Å². The van der Waals surface area contributed by atoms with Gasteiger partial charge < -0.3 is 20.1 Å². The Morgan fingerprint density at radius 3 is 2.74 bits per heavy atom. The molecule has 0 unspecified atom stereocenters. The van der Waals surface area contributed by atoms with E-state index in [1.807, 2.05) is 33.0 Å². The van der Waals surface area contributed by atoms with Crippen LogP contribution in [0.25, 0.3) is 0 Å². The van der Waals surface area contributed by atoms with Crippen LogP contribution in [0.5, 0.6) is 11.5 Å². The standard InChI is InChI=1S/C14H20N2O3/c1-14(2)18-11-7-6-10(9-12(11)19-14)16-13(17)5-4-8-15-3/h6-7,9,15H,4-5,8H2,1-3H3,(H,16,17). The van der Waals surface area contributed by atoms with E-state index in [0.717, 1.165) is 18.7 Å². The minimum atomic E-state index is -0.641. The van der Waals surface area contributed by atoms with Gasteiger partial charge in [-0.1, -0.05) is 0 Å². The van der Waals surface area contributed by atoms with Crippen LogP contribution in [-0.2, 0) is 4.79 Å². The maximum atomic E-state index is 11.7. The fourth-order valence-corrected chi connectivity index (χ4v) is 1.95. The fourth-order valence-electron chi connectivity index (χ4n) is 1.95. The van der Waals surface area contributed by atoms with Crippen LogP contribution >= 0.6 is 0 Å². The Morgan fingerprint density at radius 2 is 2.00 bits per heavy atom. The van der Waals surface area contributed by atoms with Crippen LogP contribution in [0.15, 0.2) is 18.2 Å². The van der Waals surface area contributed by atoms with Crippen molar-refractivity contribution in [3.63, 3.8) is 0 Å². The highest BCUT2D eigenvalue weighted by atomic mass is 16.7. The van der Waals surface area contributed by atoms with Gasteiger partial charge in [0, 0.05) is 32.0 Å². The first-order valence-electron chi connectivity index (χ1n) is 6.47. The molecule has 2 rings (SSSR count). The molecule has 2 N–H and O–H groups in total. The van der Waals surface area contributed by atoms with Crippen molar-refractivity contribution in [1.29, 1.82) is 0 Å². The molecule has 0 radical (unpaired) electrons. The number of fused-ring (bicyclic) bond motifs is 1. The zero-order valence-electron chi connectivity index (χ0n) is 11.6. The molecule has 1 amide bonds. The average molecular weight is 264 g/mol. The van der Waals surface area contributed by atoms with Crippen molar-refractivity contribution in [3.05, 3.63) is 18.2 Å². The lowest BCUT2D eigenvalue weighted by molar-refractivity contribution is -0.116. The quantitative estimate of drug-likeness (QED) is 0.800. The number of anilines is 1. The third kappa shape index (κ3) is 3.61. The zero-order chi connectivity index (χ0) is 13.9. The molecule has 0 bridgehead atoms. The minimum Gasteiger partial charge on any atom is -0.449 e. The van der Waals surface area contributed by atoms with E-state index in [1.165, 1.54) is 0 Å². The Bertz CT molecular complexity index is 472. The van der Waals surface area contributed by atoms with Crippen LogP contribution < -0.4 is 20.1 Å². The van der Waals surface area contributed by atoms with E-state index < -0.39 is 5.79 Å². The average Bonchev–Trinajstić information content (AvgIpc) is 2.62. The summed E-state index contributed by atoms with van der Waals surface area (Å²) in [7, 11) is 1.87. The SMILES string of the molecule is CNCCCC(=O)Nc1ccc2c(c1)OC(C)(C)O2. The summed E-state index contributed by atoms with van der Waals surface area (Å²) >= 11 is 0. The summed E-state index contributed by atoms with van der Waals surface area (Å²) in [6.07, 6.45) is 1.32. The normalized spacial score (nSPS) is 15.3. The molecule has 0 fully saturated rings. The van der Waals surface area contributed by atoms with Crippen LogP contribution in [0.2, 0.25) is 0 Å². The molecule has 0 aromatic heterocycles. The van der Waals surface area contributed by atoms with Gasteiger partial charge in [-0.15, -0.1) is 0 Å². The van der Waals surface area contributed by atoms with E-state index in [4.69, 9.17) is 9.47 Å². The van der Waals surface area contributed by atoms with Gasteiger partial charge in [0.25, 0.3) is 0 Å². The third-order valence-corrected chi connectivity index (χ3v) is 2.77. The van der Waals surface area contributed by atoms with Gasteiger partial charge in [-0.2, -0.15) is 0 Å². The molecule has 0 saturated carbocycles. The highest BCUT2D eigenvalue weighted by molar-refractivity contribution is 5.91. The zero-order valence-corrected chi connectivity index (χ0v) is 11.6. The van der Waals surface area contributed by atoms with Crippen LogP contribution in [0.4, 0.5) is 5.69 Å². The molecular formula is C14H20N2O3. The summed E-state index contributed by atoms with van der Waals surface area (Å²) < 4.78 is 11.2. The molecule has 0 saturated heterocycles. The van der Waals surface area contributed by atoms with Gasteiger partial charge in [-0.05, 0) is 32.1 Å². The van der Waals surface area contributed by atoms with Crippen molar-refractivity contribution in [2.45, 2.75) is 32.5 Å². The molecule has 1 aromatic rings. The van der Waals surface area contributed by atoms with Gasteiger partial charge in [-0.3, -0.25) is 4.79 Å². The van der Waals surface area contributed by atoms with Crippen LogP contribution in [0.3, 0.4) is 0 Å². The lowest BCUT2D eigenvalue weighted by Gasteiger charge is -2.16. The number of carbonyl (C=O) groups excluding carboxylic acids is 1. The molecule has 1 aliphatic heterocycles. The Hall–Kier alpha value is -1.75. The van der Waals surface area contributed by atoms with Gasteiger partial charge in [0.05, 0.1) is 0 Å². The molecule has 5 heteroatoms. The number of rotatable bonds is 5. The van der Waals surface area contributed by atoms with E-state index in [-0.39, 0.29) is 5.91 Å². The van der Waals surface area contributed by atoms with E-state index in [2.05, 4.69) is 10.6 Å².